The van der Waals surface area contributed by atoms with E-state index in [1.54, 1.807) is 0 Å². The fourth-order valence-electron chi connectivity index (χ4n) is 7.89. The number of ether oxygens (including phenoxy) is 1. The minimum atomic E-state index is -0.402. The number of hydrogen-bond donors (Lipinski definition) is 2. The Morgan fingerprint density at radius 3 is 2.71 bits per heavy atom. The summed E-state index contributed by atoms with van der Waals surface area (Å²) >= 11 is 0. The lowest BCUT2D eigenvalue weighted by Crippen LogP contribution is -2.98. The van der Waals surface area contributed by atoms with Gasteiger partial charge in [0.2, 0.25) is 11.8 Å². The Hall–Kier alpha value is -1.14. The largest absolute Gasteiger partial charge is 0.365 e. The Labute approximate surface area is 187 Å². The molecule has 2 saturated carbocycles. The third kappa shape index (κ3) is 3.82. The Bertz CT molecular complexity index is 697. The summed E-state index contributed by atoms with van der Waals surface area (Å²) in [6, 6.07) is 1.47. The average Bonchev–Trinajstić information content (AvgIpc) is 3.10. The molecule has 6 heteroatoms. The smallest absolute Gasteiger partial charge is 0.248 e. The predicted octanol–water partition coefficient (Wildman–Crippen LogP) is 1.68. The number of nitrogens with one attached hydrogen (secondary N) is 1. The van der Waals surface area contributed by atoms with Crippen molar-refractivity contribution >= 4 is 11.8 Å². The van der Waals surface area contributed by atoms with Crippen LogP contribution in [0.2, 0.25) is 0 Å². The maximum atomic E-state index is 13.6. The van der Waals surface area contributed by atoms with Gasteiger partial charge in [-0.05, 0) is 56.8 Å². The van der Waals surface area contributed by atoms with Crippen molar-refractivity contribution in [2.24, 2.45) is 29.6 Å². The van der Waals surface area contributed by atoms with Gasteiger partial charge in [-0.2, -0.15) is 0 Å². The first-order chi connectivity index (χ1) is 15.0. The number of nitrogens with two attached hydrogens (primary N) is 1. The van der Waals surface area contributed by atoms with Gasteiger partial charge in [-0.3, -0.25) is 9.59 Å². The van der Waals surface area contributed by atoms with Gasteiger partial charge in [0.1, 0.15) is 12.1 Å². The maximum absolute atomic E-state index is 13.6. The number of hydrogen-bond acceptors (Lipinski definition) is 3. The van der Waals surface area contributed by atoms with Gasteiger partial charge in [-0.25, -0.2) is 0 Å². The summed E-state index contributed by atoms with van der Waals surface area (Å²) in [6.45, 7) is 8.00. The second-order valence-corrected chi connectivity index (χ2v) is 11.4. The van der Waals surface area contributed by atoms with Crippen LogP contribution >= 0.6 is 0 Å². The molecule has 0 radical (unpaired) electrons. The van der Waals surface area contributed by atoms with Gasteiger partial charge in [0.05, 0.1) is 18.7 Å². The van der Waals surface area contributed by atoms with Crippen molar-refractivity contribution in [2.75, 3.05) is 13.1 Å². The summed E-state index contributed by atoms with van der Waals surface area (Å²) in [5.41, 5.74) is 0. The number of nitrogens with zero attached hydrogens (tertiary/aromatic N) is 1. The van der Waals surface area contributed by atoms with Crippen molar-refractivity contribution in [3.63, 3.8) is 0 Å². The second-order valence-electron chi connectivity index (χ2n) is 11.4. The number of amides is 2. The normalized spacial score (nSPS) is 42.6. The molecule has 0 bridgehead atoms. The highest BCUT2D eigenvalue weighted by molar-refractivity contribution is 5.82. The third-order valence-electron chi connectivity index (χ3n) is 9.15. The van der Waals surface area contributed by atoms with Crippen LogP contribution in [0.5, 0.6) is 0 Å². The highest BCUT2D eigenvalue weighted by Crippen LogP contribution is 2.52. The lowest BCUT2D eigenvalue weighted by Gasteiger charge is -2.50. The zero-order valence-corrected chi connectivity index (χ0v) is 19.6. The monoisotopic (exact) mass is 432 g/mol. The summed E-state index contributed by atoms with van der Waals surface area (Å²) in [5, 5.41) is 5.60. The van der Waals surface area contributed by atoms with E-state index in [4.69, 9.17) is 4.74 Å². The zero-order valence-electron chi connectivity index (χ0n) is 19.6. The van der Waals surface area contributed by atoms with Gasteiger partial charge in [0.25, 0.3) is 0 Å². The molecule has 0 aromatic carbocycles. The number of quaternary nitrogens is 1. The molecule has 0 aromatic rings. The fraction of sp³-hybridized carbons (Fsp3) is 0.920. The van der Waals surface area contributed by atoms with Gasteiger partial charge in [0.15, 0.2) is 0 Å². The van der Waals surface area contributed by atoms with E-state index in [0.29, 0.717) is 54.2 Å². The van der Waals surface area contributed by atoms with Gasteiger partial charge in [-0.15, -0.1) is 0 Å². The van der Waals surface area contributed by atoms with E-state index in [2.05, 4.69) is 29.4 Å². The quantitative estimate of drug-likeness (QED) is 0.694. The topological polar surface area (TPSA) is 75.2 Å². The molecule has 3 aliphatic heterocycles. The third-order valence-corrected chi connectivity index (χ3v) is 9.15. The SMILES string of the molecule is CC(C)CNC(=O)[C@@H](C)OC1CCC2C(C1)C1CC[NH2+]C3C4CCCCC4C(=O)N2C13. The highest BCUT2D eigenvalue weighted by atomic mass is 16.5. The zero-order chi connectivity index (χ0) is 21.7. The molecule has 5 aliphatic rings. The lowest BCUT2D eigenvalue weighted by atomic mass is 9.66. The second kappa shape index (κ2) is 8.66. The summed E-state index contributed by atoms with van der Waals surface area (Å²) in [4.78, 5) is 28.5. The fourth-order valence-corrected chi connectivity index (χ4v) is 7.89. The molecule has 174 valence electrons. The number of rotatable bonds is 5. The van der Waals surface area contributed by atoms with Gasteiger partial charge >= 0.3 is 0 Å². The van der Waals surface area contributed by atoms with Crippen molar-refractivity contribution in [1.29, 1.82) is 0 Å². The maximum Gasteiger partial charge on any atom is 0.248 e. The van der Waals surface area contributed by atoms with E-state index in [9.17, 15) is 9.59 Å². The molecular formula is C25H42N3O3+. The van der Waals surface area contributed by atoms with Crippen LogP contribution < -0.4 is 10.6 Å². The van der Waals surface area contributed by atoms with Crippen molar-refractivity contribution in [3.05, 3.63) is 0 Å². The van der Waals surface area contributed by atoms with Crippen LogP contribution in [0.15, 0.2) is 0 Å². The van der Waals surface area contributed by atoms with Gasteiger partial charge in [-0.1, -0.05) is 26.7 Å². The molecule has 3 saturated heterocycles. The van der Waals surface area contributed by atoms with Crippen molar-refractivity contribution in [3.8, 4) is 0 Å². The summed E-state index contributed by atoms with van der Waals surface area (Å²) < 4.78 is 6.28. The standard InChI is InChI=1S/C25H41N3O3/c1-14(2)13-27-24(29)15(3)31-16-8-9-21-20(12-16)18-10-11-26-22-17-6-4-5-7-19(17)25(30)28(21)23(18)22/h14-23,26H,4-13H2,1-3H3,(H,27,29)/p+1/t15-,16?,17?,18?,19?,20?,21?,22?,23?/m1/s1. The molecule has 9 atom stereocenters. The van der Waals surface area contributed by atoms with Crippen LogP contribution in [-0.4, -0.2) is 60.1 Å². The van der Waals surface area contributed by atoms with Gasteiger partial charge in [0, 0.05) is 30.8 Å². The number of carbonyl (C=O) groups excluding carboxylic acids is 2. The van der Waals surface area contributed by atoms with Crippen LogP contribution in [0.3, 0.4) is 0 Å². The Balaban J connectivity index is 1.28. The van der Waals surface area contributed by atoms with Crippen molar-refractivity contribution in [1.82, 2.24) is 10.2 Å². The Kier molecular flexibility index (Phi) is 6.06. The summed E-state index contributed by atoms with van der Waals surface area (Å²) in [7, 11) is 0. The Morgan fingerprint density at radius 2 is 1.90 bits per heavy atom. The molecule has 0 aromatic heterocycles. The average molecular weight is 433 g/mol. The molecule has 2 aliphatic carbocycles. The summed E-state index contributed by atoms with van der Waals surface area (Å²) in [6.07, 6.45) is 8.86. The van der Waals surface area contributed by atoms with Crippen LogP contribution in [0.4, 0.5) is 0 Å². The minimum Gasteiger partial charge on any atom is -0.365 e. The van der Waals surface area contributed by atoms with Crippen LogP contribution in [0.1, 0.15) is 72.1 Å². The highest BCUT2D eigenvalue weighted by Gasteiger charge is 2.63. The molecule has 3 N–H and O–H groups in total. The molecule has 5 fully saturated rings. The van der Waals surface area contributed by atoms with E-state index in [0.717, 1.165) is 25.7 Å². The molecular weight excluding hydrogens is 390 g/mol. The van der Waals surface area contributed by atoms with Gasteiger partial charge < -0.3 is 20.3 Å². The van der Waals surface area contributed by atoms with E-state index < -0.39 is 6.10 Å². The molecule has 31 heavy (non-hydrogen) atoms. The van der Waals surface area contributed by atoms with Crippen LogP contribution in [0, 0.1) is 29.6 Å². The molecule has 5 rings (SSSR count). The van der Waals surface area contributed by atoms with E-state index in [1.165, 1.54) is 32.2 Å². The number of fused-ring (bicyclic) bond motifs is 5. The predicted molar refractivity (Wildman–Crippen MR) is 118 cm³/mol. The van der Waals surface area contributed by atoms with E-state index >= 15 is 0 Å². The molecule has 0 spiro atoms. The first-order valence-corrected chi connectivity index (χ1v) is 13.0. The van der Waals surface area contributed by atoms with Crippen molar-refractivity contribution < 1.29 is 19.6 Å². The first-order valence-electron chi connectivity index (χ1n) is 13.0. The van der Waals surface area contributed by atoms with E-state index in [1.807, 2.05) is 6.92 Å². The summed E-state index contributed by atoms with van der Waals surface area (Å²) in [5.74, 6) is 2.99. The molecule has 6 nitrogen and oxygen atoms in total. The van der Waals surface area contributed by atoms with Crippen LogP contribution in [0.25, 0.3) is 0 Å². The Morgan fingerprint density at radius 1 is 1.10 bits per heavy atom. The number of piperidine rings is 2. The molecule has 2 amide bonds. The van der Waals surface area contributed by atoms with Crippen LogP contribution in [-0.2, 0) is 14.3 Å². The van der Waals surface area contributed by atoms with Crippen molar-refractivity contribution in [2.45, 2.75) is 102 Å². The molecule has 3 heterocycles. The number of carbonyl (C=O) groups is 2. The molecule has 8 unspecified atom stereocenters. The minimum absolute atomic E-state index is 0.00579. The lowest BCUT2D eigenvalue weighted by molar-refractivity contribution is -0.713. The first kappa shape index (κ1) is 21.7. The van der Waals surface area contributed by atoms with E-state index in [-0.39, 0.29) is 17.9 Å².